The van der Waals surface area contributed by atoms with Crippen LogP contribution in [0.25, 0.3) is 121 Å². The lowest BCUT2D eigenvalue weighted by Crippen LogP contribution is -2.26. The second-order valence-corrected chi connectivity index (χ2v) is 29.8. The van der Waals surface area contributed by atoms with Crippen LogP contribution in [-0.4, -0.2) is 0 Å². The molecule has 0 unspecified atom stereocenters. The number of aryl methyl sites for hydroxylation is 2. The molecule has 2 spiro atoms. The van der Waals surface area contributed by atoms with E-state index in [2.05, 4.69) is 401 Å². The number of rotatable bonds is 9. The Morgan fingerprint density at radius 3 is 1.24 bits per heavy atom. The van der Waals surface area contributed by atoms with Gasteiger partial charge in [0.15, 0.2) is 0 Å². The molecule has 0 amide bonds. The van der Waals surface area contributed by atoms with Gasteiger partial charge in [-0.3, -0.25) is 0 Å². The molecule has 0 aliphatic heterocycles. The third-order valence-corrected chi connectivity index (χ3v) is 24.3. The first kappa shape index (κ1) is 61.1. The van der Waals surface area contributed by atoms with Crippen LogP contribution in [0.4, 0.5) is 34.1 Å². The van der Waals surface area contributed by atoms with E-state index in [1.165, 1.54) is 171 Å². The van der Waals surface area contributed by atoms with Crippen molar-refractivity contribution >= 4 is 77.2 Å². The molecular formula is C105H70N2. The SMILES string of the molecule is Cc1ccc(N(c2ccc3c4c(ccc3c2)-c2c(ccc3ccccc23)C42c3ccccc3-c3ccccc32)c2cc(C)cc(-c3cccc4c5c(ccc34)C3(c4ccccc4-c4ccccc43)c3c-5ccc4cc(N(c5ccccc5)c5ccc(-c6ccccc6)cc5-c5ccccc5)ccc34)c2C)cc1. The molecule has 18 aromatic carbocycles. The van der Waals surface area contributed by atoms with E-state index in [-0.39, 0.29) is 0 Å². The van der Waals surface area contributed by atoms with Crippen LogP contribution in [0.15, 0.2) is 370 Å². The fraction of sp³-hybridized carbons (Fsp3) is 0.0476. The second kappa shape index (κ2) is 23.3. The van der Waals surface area contributed by atoms with Crippen molar-refractivity contribution in [3.63, 3.8) is 0 Å². The second-order valence-electron chi connectivity index (χ2n) is 29.8. The van der Waals surface area contributed by atoms with E-state index >= 15 is 0 Å². The van der Waals surface area contributed by atoms with Crippen molar-refractivity contribution < 1.29 is 0 Å². The van der Waals surface area contributed by atoms with Crippen LogP contribution < -0.4 is 9.80 Å². The van der Waals surface area contributed by atoms with Gasteiger partial charge in [0.05, 0.1) is 16.5 Å². The van der Waals surface area contributed by atoms with Crippen molar-refractivity contribution in [1.29, 1.82) is 0 Å². The van der Waals surface area contributed by atoms with Crippen LogP contribution in [0.1, 0.15) is 61.2 Å². The third kappa shape index (κ3) is 8.64. The van der Waals surface area contributed by atoms with Gasteiger partial charge in [-0.2, -0.15) is 0 Å². The number of para-hydroxylation sites is 1. The van der Waals surface area contributed by atoms with Crippen molar-refractivity contribution in [3.05, 3.63) is 431 Å². The highest BCUT2D eigenvalue weighted by molar-refractivity contribution is 6.16. The normalized spacial score (nSPS) is 13.3. The Labute approximate surface area is 623 Å². The highest BCUT2D eigenvalue weighted by Gasteiger charge is 2.55. The zero-order valence-corrected chi connectivity index (χ0v) is 59.6. The monoisotopic (exact) mass is 1360 g/mol. The van der Waals surface area contributed by atoms with Gasteiger partial charge in [0, 0.05) is 34.0 Å². The Kier molecular flexibility index (Phi) is 13.3. The summed E-state index contributed by atoms with van der Waals surface area (Å²) in [6.45, 7) is 6.81. The summed E-state index contributed by atoms with van der Waals surface area (Å²) in [6, 6.07) is 140. The Bertz CT molecular complexity index is 6690. The molecule has 0 aromatic heterocycles. The van der Waals surface area contributed by atoms with Crippen molar-refractivity contribution in [2.45, 2.75) is 31.6 Å². The minimum atomic E-state index is -0.609. The van der Waals surface area contributed by atoms with Crippen LogP contribution in [0.5, 0.6) is 0 Å². The molecule has 18 aromatic rings. The molecule has 0 saturated carbocycles. The summed E-state index contributed by atoms with van der Waals surface area (Å²) in [5.74, 6) is 0. The average Bonchev–Trinajstić information content (AvgIpc) is 1.51. The smallest absolute Gasteiger partial charge is 0.0731 e. The molecule has 4 aliphatic rings. The fourth-order valence-electron chi connectivity index (χ4n) is 19.9. The van der Waals surface area contributed by atoms with Crippen LogP contribution in [-0.2, 0) is 10.8 Å². The number of nitrogens with zero attached hydrogens (tertiary/aromatic N) is 2. The lowest BCUT2D eigenvalue weighted by molar-refractivity contribution is 0.802. The predicted molar refractivity (Wildman–Crippen MR) is 449 cm³/mol. The summed E-state index contributed by atoms with van der Waals surface area (Å²) in [6.07, 6.45) is 0. The maximum Gasteiger partial charge on any atom is 0.0731 e. The first-order chi connectivity index (χ1) is 52.8. The molecule has 0 bridgehead atoms. The van der Waals surface area contributed by atoms with Crippen molar-refractivity contribution in [2.24, 2.45) is 0 Å². The van der Waals surface area contributed by atoms with Gasteiger partial charge in [0.1, 0.15) is 0 Å². The summed E-state index contributed by atoms with van der Waals surface area (Å²) in [7, 11) is 0. The summed E-state index contributed by atoms with van der Waals surface area (Å²) in [5, 5.41) is 9.94. The van der Waals surface area contributed by atoms with Gasteiger partial charge in [0.25, 0.3) is 0 Å². The van der Waals surface area contributed by atoms with Gasteiger partial charge in [-0.15, -0.1) is 0 Å². The number of benzene rings is 18. The zero-order chi connectivity index (χ0) is 70.8. The van der Waals surface area contributed by atoms with E-state index in [0.29, 0.717) is 0 Å². The summed E-state index contributed by atoms with van der Waals surface area (Å²) >= 11 is 0. The Balaban J connectivity index is 0.722. The first-order valence-electron chi connectivity index (χ1n) is 37.5. The molecule has 107 heavy (non-hydrogen) atoms. The molecule has 0 heterocycles. The summed E-state index contributed by atoms with van der Waals surface area (Å²) in [5.41, 5.74) is 37.5. The van der Waals surface area contributed by atoms with E-state index in [1.807, 2.05) is 0 Å². The molecule has 0 radical (unpaired) electrons. The predicted octanol–water partition coefficient (Wildman–Crippen LogP) is 27.9. The molecular weight excluding hydrogens is 1290 g/mol. The van der Waals surface area contributed by atoms with Crippen LogP contribution in [0.2, 0.25) is 0 Å². The molecule has 0 atom stereocenters. The van der Waals surface area contributed by atoms with Crippen LogP contribution in [0.3, 0.4) is 0 Å². The number of fused-ring (bicyclic) bond motifs is 28. The lowest BCUT2D eigenvalue weighted by Gasteiger charge is -2.32. The molecule has 4 aliphatic carbocycles. The topological polar surface area (TPSA) is 6.48 Å². The maximum atomic E-state index is 2.52. The van der Waals surface area contributed by atoms with Crippen LogP contribution >= 0.6 is 0 Å². The van der Waals surface area contributed by atoms with Gasteiger partial charge < -0.3 is 9.80 Å². The molecule has 22 rings (SSSR count). The van der Waals surface area contributed by atoms with Gasteiger partial charge in [-0.25, -0.2) is 0 Å². The molecule has 2 heteroatoms. The van der Waals surface area contributed by atoms with Gasteiger partial charge in [0.2, 0.25) is 0 Å². The van der Waals surface area contributed by atoms with Crippen molar-refractivity contribution in [2.75, 3.05) is 9.80 Å². The quantitative estimate of drug-likeness (QED) is 0.142. The Morgan fingerprint density at radius 1 is 0.206 bits per heavy atom. The fourth-order valence-corrected chi connectivity index (χ4v) is 19.9. The highest BCUT2D eigenvalue weighted by atomic mass is 15.2. The van der Waals surface area contributed by atoms with Crippen LogP contribution in [0, 0.1) is 20.8 Å². The van der Waals surface area contributed by atoms with Crippen molar-refractivity contribution in [3.8, 4) is 77.9 Å². The third-order valence-electron chi connectivity index (χ3n) is 24.3. The molecule has 0 N–H and O–H groups in total. The molecule has 0 saturated heterocycles. The van der Waals surface area contributed by atoms with E-state index in [0.717, 1.165) is 45.3 Å². The first-order valence-corrected chi connectivity index (χ1v) is 37.5. The molecule has 2 nitrogen and oxygen atoms in total. The average molecular weight is 1360 g/mol. The molecule has 500 valence electrons. The number of hydrogen-bond donors (Lipinski definition) is 0. The van der Waals surface area contributed by atoms with E-state index in [9.17, 15) is 0 Å². The Hall–Kier alpha value is -13.4. The zero-order valence-electron chi connectivity index (χ0n) is 59.6. The minimum Gasteiger partial charge on any atom is -0.310 e. The lowest BCUT2D eigenvalue weighted by atomic mass is 9.69. The Morgan fingerprint density at radius 2 is 0.654 bits per heavy atom. The van der Waals surface area contributed by atoms with Gasteiger partial charge in [-0.05, 0) is 259 Å². The molecule has 0 fully saturated rings. The standard InChI is InChI=1S/C105H70N2/c1-65-42-48-75(49-43-65)107(77-51-55-79-73(63-77)44-52-88-100-78-31-14-13-28-70(78)46-57-96(100)104(102(79)88)92-38-19-15-32-83(92)84-33-16-20-39-93(84)104)99-61-66(2)60-90(67(99)3)81-36-23-37-87-82(81)56-58-97-101(87)89-53-45-72-62-76(50-54-80(72)103(89)105(97)94-40-21-17-34-85(94)86-35-18-22-41-95(86)105)106(74-29-11-6-12-30-74)98-59-47-71(68-24-7-4-8-25-68)64-91(98)69-26-9-5-10-27-69/h4-64H,1-3H3. The van der Waals surface area contributed by atoms with Gasteiger partial charge in [-0.1, -0.05) is 309 Å². The minimum absolute atomic E-state index is 0.510. The number of hydrogen-bond acceptors (Lipinski definition) is 2. The summed E-state index contributed by atoms with van der Waals surface area (Å²) < 4.78 is 0. The van der Waals surface area contributed by atoms with E-state index in [1.54, 1.807) is 0 Å². The maximum absolute atomic E-state index is 2.52. The largest absolute Gasteiger partial charge is 0.310 e. The number of anilines is 6. The van der Waals surface area contributed by atoms with E-state index < -0.39 is 10.8 Å². The van der Waals surface area contributed by atoms with Crippen molar-refractivity contribution in [1.82, 2.24) is 0 Å². The highest BCUT2D eigenvalue weighted by Crippen LogP contribution is 2.68. The summed E-state index contributed by atoms with van der Waals surface area (Å²) in [4.78, 5) is 4.98. The van der Waals surface area contributed by atoms with E-state index in [4.69, 9.17) is 0 Å². The van der Waals surface area contributed by atoms with Gasteiger partial charge >= 0.3 is 0 Å².